The number of piperazine rings is 1. The number of benzene rings is 1. The van der Waals surface area contributed by atoms with Crippen LogP contribution in [0, 0.1) is 0 Å². The number of hydrogen-bond donors (Lipinski definition) is 0. The first-order valence-electron chi connectivity index (χ1n) is 7.86. The van der Waals surface area contributed by atoms with E-state index in [0.717, 1.165) is 44.9 Å². The molecule has 1 aromatic heterocycles. The van der Waals surface area contributed by atoms with Crippen molar-refractivity contribution in [3.05, 3.63) is 54.4 Å². The molecule has 3 rings (SSSR count). The number of aromatic nitrogens is 1. The van der Waals surface area contributed by atoms with E-state index in [2.05, 4.69) is 45.1 Å². The van der Waals surface area contributed by atoms with Gasteiger partial charge in [0.15, 0.2) is 0 Å². The number of rotatable bonds is 5. The molecule has 4 heteroatoms. The maximum Gasteiger partial charge on any atom is 0.120 e. The summed E-state index contributed by atoms with van der Waals surface area (Å²) in [5.74, 6) is 0.926. The van der Waals surface area contributed by atoms with Crippen LogP contribution in [0.3, 0.4) is 0 Å². The molecule has 0 radical (unpaired) electrons. The van der Waals surface area contributed by atoms with Crippen LogP contribution in [-0.2, 0) is 6.42 Å². The molecule has 0 bridgehead atoms. The van der Waals surface area contributed by atoms with Gasteiger partial charge in [-0.05, 0) is 24.3 Å². The minimum Gasteiger partial charge on any atom is -0.497 e. The van der Waals surface area contributed by atoms with Crippen molar-refractivity contribution in [1.82, 2.24) is 9.88 Å². The van der Waals surface area contributed by atoms with Gasteiger partial charge in [-0.1, -0.05) is 12.1 Å². The number of nitrogens with zero attached hydrogens (tertiary/aromatic N) is 3. The molecule has 1 aromatic carbocycles. The minimum absolute atomic E-state index is 0.926. The summed E-state index contributed by atoms with van der Waals surface area (Å²) >= 11 is 0. The van der Waals surface area contributed by atoms with Gasteiger partial charge in [0.25, 0.3) is 0 Å². The molecular weight excluding hydrogens is 274 g/mol. The Balaban J connectivity index is 1.49. The first-order chi connectivity index (χ1) is 10.8. The van der Waals surface area contributed by atoms with E-state index in [1.807, 2.05) is 18.3 Å². The van der Waals surface area contributed by atoms with Gasteiger partial charge < -0.3 is 9.64 Å². The summed E-state index contributed by atoms with van der Waals surface area (Å²) in [6, 6.07) is 14.5. The molecule has 0 aliphatic carbocycles. The van der Waals surface area contributed by atoms with Gasteiger partial charge in [-0.25, -0.2) is 0 Å². The Labute approximate surface area is 132 Å². The van der Waals surface area contributed by atoms with Crippen molar-refractivity contribution in [2.24, 2.45) is 0 Å². The fourth-order valence-electron chi connectivity index (χ4n) is 2.86. The monoisotopic (exact) mass is 297 g/mol. The first-order valence-corrected chi connectivity index (χ1v) is 7.86. The Hall–Kier alpha value is -2.07. The van der Waals surface area contributed by atoms with Gasteiger partial charge in [-0.3, -0.25) is 9.88 Å². The van der Waals surface area contributed by atoms with Crippen molar-refractivity contribution in [3.8, 4) is 5.75 Å². The summed E-state index contributed by atoms with van der Waals surface area (Å²) in [6.07, 6.45) is 2.90. The fraction of sp³-hybridized carbons (Fsp3) is 0.389. The molecule has 0 spiro atoms. The van der Waals surface area contributed by atoms with E-state index in [9.17, 15) is 0 Å². The highest BCUT2D eigenvalue weighted by molar-refractivity contribution is 5.51. The molecule has 2 heterocycles. The van der Waals surface area contributed by atoms with E-state index < -0.39 is 0 Å². The number of methoxy groups -OCH3 is 1. The lowest BCUT2D eigenvalue weighted by Crippen LogP contribution is -2.47. The van der Waals surface area contributed by atoms with E-state index in [1.165, 1.54) is 11.4 Å². The number of pyridine rings is 1. The summed E-state index contributed by atoms with van der Waals surface area (Å²) in [5, 5.41) is 0. The minimum atomic E-state index is 0.926. The number of anilines is 1. The molecule has 1 aliphatic heterocycles. The van der Waals surface area contributed by atoms with Gasteiger partial charge in [0, 0.05) is 62.8 Å². The van der Waals surface area contributed by atoms with Crippen LogP contribution in [0.15, 0.2) is 48.7 Å². The van der Waals surface area contributed by atoms with Crippen LogP contribution in [0.2, 0.25) is 0 Å². The lowest BCUT2D eigenvalue weighted by Gasteiger charge is -2.36. The summed E-state index contributed by atoms with van der Waals surface area (Å²) in [4.78, 5) is 9.34. The highest BCUT2D eigenvalue weighted by Gasteiger charge is 2.17. The smallest absolute Gasteiger partial charge is 0.120 e. The van der Waals surface area contributed by atoms with Crippen molar-refractivity contribution in [2.45, 2.75) is 6.42 Å². The fourth-order valence-corrected chi connectivity index (χ4v) is 2.86. The van der Waals surface area contributed by atoms with Crippen molar-refractivity contribution in [2.75, 3.05) is 44.7 Å². The van der Waals surface area contributed by atoms with Crippen LogP contribution >= 0.6 is 0 Å². The van der Waals surface area contributed by atoms with Crippen molar-refractivity contribution in [1.29, 1.82) is 0 Å². The highest BCUT2D eigenvalue weighted by atomic mass is 16.5. The van der Waals surface area contributed by atoms with Crippen molar-refractivity contribution >= 4 is 5.69 Å². The zero-order chi connectivity index (χ0) is 15.2. The Kier molecular flexibility index (Phi) is 4.91. The van der Waals surface area contributed by atoms with Crippen LogP contribution in [0.1, 0.15) is 5.69 Å². The largest absolute Gasteiger partial charge is 0.497 e. The maximum absolute atomic E-state index is 5.31. The maximum atomic E-state index is 5.31. The Morgan fingerprint density at radius 1 is 1.05 bits per heavy atom. The van der Waals surface area contributed by atoms with Gasteiger partial charge in [0.05, 0.1) is 7.11 Å². The topological polar surface area (TPSA) is 28.6 Å². The lowest BCUT2D eigenvalue weighted by atomic mass is 10.2. The van der Waals surface area contributed by atoms with Crippen molar-refractivity contribution in [3.63, 3.8) is 0 Å². The second kappa shape index (κ2) is 7.27. The quantitative estimate of drug-likeness (QED) is 0.847. The molecule has 0 N–H and O–H groups in total. The zero-order valence-electron chi connectivity index (χ0n) is 13.1. The molecule has 22 heavy (non-hydrogen) atoms. The van der Waals surface area contributed by atoms with Crippen LogP contribution in [0.5, 0.6) is 5.75 Å². The molecule has 116 valence electrons. The molecule has 1 fully saturated rings. The van der Waals surface area contributed by atoms with Crippen LogP contribution in [0.4, 0.5) is 5.69 Å². The van der Waals surface area contributed by atoms with Gasteiger partial charge in [0.2, 0.25) is 0 Å². The predicted molar refractivity (Wildman–Crippen MR) is 89.6 cm³/mol. The average molecular weight is 297 g/mol. The first kappa shape index (κ1) is 14.9. The molecule has 0 amide bonds. The van der Waals surface area contributed by atoms with Gasteiger partial charge >= 0.3 is 0 Å². The Bertz CT molecular complexity index is 580. The molecule has 4 nitrogen and oxygen atoms in total. The second-order valence-corrected chi connectivity index (χ2v) is 5.60. The van der Waals surface area contributed by atoms with E-state index in [4.69, 9.17) is 4.74 Å². The van der Waals surface area contributed by atoms with Gasteiger partial charge in [-0.2, -0.15) is 0 Å². The zero-order valence-corrected chi connectivity index (χ0v) is 13.1. The number of hydrogen-bond acceptors (Lipinski definition) is 4. The normalized spacial score (nSPS) is 15.8. The van der Waals surface area contributed by atoms with E-state index in [0.29, 0.717) is 0 Å². The van der Waals surface area contributed by atoms with E-state index in [-0.39, 0.29) is 0 Å². The van der Waals surface area contributed by atoms with Crippen LogP contribution in [0.25, 0.3) is 0 Å². The molecule has 0 saturated carbocycles. The molecule has 1 aliphatic rings. The molecule has 1 saturated heterocycles. The second-order valence-electron chi connectivity index (χ2n) is 5.60. The predicted octanol–water partition coefficient (Wildman–Crippen LogP) is 2.45. The summed E-state index contributed by atoms with van der Waals surface area (Å²) in [6.45, 7) is 5.42. The van der Waals surface area contributed by atoms with Crippen LogP contribution in [-0.4, -0.2) is 49.7 Å². The molecular formula is C18H23N3O. The third-order valence-electron chi connectivity index (χ3n) is 4.20. The van der Waals surface area contributed by atoms with E-state index >= 15 is 0 Å². The molecule has 0 unspecified atom stereocenters. The summed E-state index contributed by atoms with van der Waals surface area (Å²) in [7, 11) is 1.72. The van der Waals surface area contributed by atoms with Gasteiger partial charge in [-0.15, -0.1) is 0 Å². The lowest BCUT2D eigenvalue weighted by molar-refractivity contribution is 0.260. The highest BCUT2D eigenvalue weighted by Crippen LogP contribution is 2.22. The number of ether oxygens (including phenoxy) is 1. The Morgan fingerprint density at radius 2 is 1.91 bits per heavy atom. The summed E-state index contributed by atoms with van der Waals surface area (Å²) in [5.41, 5.74) is 2.43. The SMILES string of the molecule is COc1cccc(N2CCN(CCc3ccccn3)CC2)c1. The average Bonchev–Trinajstić information content (AvgIpc) is 2.61. The standard InChI is InChI=1S/C18H23N3O/c1-22-18-7-4-6-17(15-18)21-13-11-20(12-14-21)10-8-16-5-2-3-9-19-16/h2-7,9,15H,8,10-14H2,1H3. The van der Waals surface area contributed by atoms with Crippen molar-refractivity contribution < 1.29 is 4.74 Å². The summed E-state index contributed by atoms with van der Waals surface area (Å²) < 4.78 is 5.31. The third-order valence-corrected chi connectivity index (χ3v) is 4.20. The molecule has 2 aromatic rings. The van der Waals surface area contributed by atoms with Crippen LogP contribution < -0.4 is 9.64 Å². The molecule has 0 atom stereocenters. The van der Waals surface area contributed by atoms with Gasteiger partial charge in [0.1, 0.15) is 5.75 Å². The van der Waals surface area contributed by atoms with E-state index in [1.54, 1.807) is 7.11 Å². The Morgan fingerprint density at radius 3 is 2.64 bits per heavy atom. The third kappa shape index (κ3) is 3.77.